The van der Waals surface area contributed by atoms with Crippen LogP contribution in [0.5, 0.6) is 0 Å². The lowest BCUT2D eigenvalue weighted by Gasteiger charge is -2.73. The van der Waals surface area contributed by atoms with E-state index in [1.54, 1.807) is 19.9 Å². The quantitative estimate of drug-likeness (QED) is 0.0470. The van der Waals surface area contributed by atoms with Gasteiger partial charge in [0.05, 0.1) is 36.9 Å². The van der Waals surface area contributed by atoms with E-state index in [0.717, 1.165) is 5.57 Å². The molecule has 3 saturated heterocycles. The van der Waals surface area contributed by atoms with Gasteiger partial charge in [-0.2, -0.15) is 0 Å². The maximum atomic E-state index is 13.3. The van der Waals surface area contributed by atoms with Crippen molar-refractivity contribution in [2.24, 2.45) is 50.2 Å². The van der Waals surface area contributed by atoms with Crippen molar-refractivity contribution in [3.63, 3.8) is 0 Å². The van der Waals surface area contributed by atoms with Gasteiger partial charge < -0.3 is 99.2 Å². The number of allylic oxidation sites excluding steroid dienone is 2. The van der Waals surface area contributed by atoms with Crippen LogP contribution in [0.1, 0.15) is 108 Å². The van der Waals surface area contributed by atoms with Gasteiger partial charge in [-0.05, 0) is 86.4 Å². The standard InChI is InChI=1S/C54H84O23/c1-11-22(2)45(69)77-43-42(66)54(21-70-23(3)57)25(18-49(43,4)5)24-12-13-29-51(8)16-15-30(50(6,7)28(51)14-17-52(29,9)53(24,10)40(64)41(54)65)73-48-39(76-47-35(62)33(60)31(58)26(19-55)71-47)37(36(63)38(75-48)44(67)68)74-46-34(61)32(59)27(20-56)72-46/h11-12,25-43,46-48,55-56,58-66H,13-21H2,1-10H3,(H,67,68). The van der Waals surface area contributed by atoms with Crippen molar-refractivity contribution >= 4 is 17.9 Å². The lowest BCUT2D eigenvalue weighted by Crippen LogP contribution is -2.76. The molecule has 26 unspecified atom stereocenters. The van der Waals surface area contributed by atoms with Crippen LogP contribution in [-0.2, 0) is 52.3 Å². The molecule has 8 aliphatic rings. The molecule has 23 heteroatoms. The number of rotatable bonds is 13. The molecule has 0 bridgehead atoms. The van der Waals surface area contributed by atoms with E-state index in [-0.39, 0.29) is 11.8 Å². The molecule has 0 aromatic heterocycles. The zero-order valence-corrected chi connectivity index (χ0v) is 45.6. The third kappa shape index (κ3) is 9.45. The molecule has 8 rings (SSSR count). The summed E-state index contributed by atoms with van der Waals surface area (Å²) in [5, 5.41) is 134. The SMILES string of the molecule is CC=C(C)C(=O)OC1C(O)C2(COC(C)=O)C(CC1(C)C)C1=CCC3C4(C)CCC(OC5OC(C(=O)O)C(O)C(OC6OC(CO)C(O)C6O)C5OC5OC(CO)C(O)C(O)C5O)C(C)(C)C4CCC3(C)C1(C)C(O)C2O. The number of esters is 2. The van der Waals surface area contributed by atoms with Crippen LogP contribution >= 0.6 is 0 Å². The van der Waals surface area contributed by atoms with Crippen LogP contribution in [0.2, 0.25) is 0 Å². The van der Waals surface area contributed by atoms with E-state index in [4.69, 9.17) is 37.9 Å². The van der Waals surface area contributed by atoms with Crippen molar-refractivity contribution < 1.29 is 114 Å². The fraction of sp³-hybridized carbons (Fsp3) is 0.870. The number of aliphatic hydroxyl groups excluding tert-OH is 11. The van der Waals surface area contributed by atoms with E-state index in [9.17, 15) is 75.7 Å². The molecule has 0 aromatic carbocycles. The Balaban J connectivity index is 1.13. The second-order valence-electron chi connectivity index (χ2n) is 25.3. The van der Waals surface area contributed by atoms with Crippen LogP contribution in [0, 0.1) is 50.2 Å². The molecule has 3 aliphatic heterocycles. The fourth-order valence-corrected chi connectivity index (χ4v) is 16.0. The number of carbonyl (C=O) groups is 3. The predicted octanol–water partition coefficient (Wildman–Crippen LogP) is -0.684. The van der Waals surface area contributed by atoms with E-state index in [2.05, 4.69) is 19.9 Å². The summed E-state index contributed by atoms with van der Waals surface area (Å²) in [6.45, 7) is 16.6. The molecule has 7 fully saturated rings. The first-order valence-corrected chi connectivity index (χ1v) is 27.0. The van der Waals surface area contributed by atoms with E-state index >= 15 is 0 Å². The molecule has 26 atom stereocenters. The first-order valence-electron chi connectivity index (χ1n) is 27.0. The highest BCUT2D eigenvalue weighted by Gasteiger charge is 2.76. The minimum atomic E-state index is -2.12. The minimum Gasteiger partial charge on any atom is -0.479 e. The molecule has 4 saturated carbocycles. The molecule has 12 N–H and O–H groups in total. The molecule has 3 heterocycles. The van der Waals surface area contributed by atoms with Crippen LogP contribution in [0.15, 0.2) is 23.3 Å². The number of hydrogen-bond donors (Lipinski definition) is 12. The number of fused-ring (bicyclic) bond motifs is 7. The Labute approximate surface area is 448 Å². The minimum absolute atomic E-state index is 0.141. The van der Waals surface area contributed by atoms with Gasteiger partial charge in [-0.1, -0.05) is 66.2 Å². The van der Waals surface area contributed by atoms with Gasteiger partial charge in [-0.3, -0.25) is 4.79 Å². The molecular weight excluding hydrogens is 1020 g/mol. The van der Waals surface area contributed by atoms with Crippen molar-refractivity contribution in [3.05, 3.63) is 23.3 Å². The van der Waals surface area contributed by atoms with E-state index < -0.39 is 193 Å². The van der Waals surface area contributed by atoms with Gasteiger partial charge in [-0.25, -0.2) is 9.59 Å². The summed E-state index contributed by atoms with van der Waals surface area (Å²) in [6, 6.07) is 0. The van der Waals surface area contributed by atoms with Gasteiger partial charge in [0.1, 0.15) is 79.9 Å². The van der Waals surface area contributed by atoms with Crippen LogP contribution in [0.3, 0.4) is 0 Å². The summed E-state index contributed by atoms with van der Waals surface area (Å²) >= 11 is 0. The van der Waals surface area contributed by atoms with E-state index in [1.807, 2.05) is 34.6 Å². The lowest BCUT2D eigenvalue weighted by molar-refractivity contribution is -0.386. The molecule has 5 aliphatic carbocycles. The molecule has 0 spiro atoms. The molecular formula is C54H84O23. The Morgan fingerprint density at radius 2 is 1.27 bits per heavy atom. The molecule has 0 radical (unpaired) electrons. The Morgan fingerprint density at radius 1 is 0.688 bits per heavy atom. The highest BCUT2D eigenvalue weighted by Crippen LogP contribution is 2.76. The number of ether oxygens (including phenoxy) is 8. The van der Waals surface area contributed by atoms with Gasteiger partial charge in [-0.15, -0.1) is 0 Å². The molecule has 23 nitrogen and oxygen atoms in total. The monoisotopic (exact) mass is 1100 g/mol. The zero-order chi connectivity index (χ0) is 57.0. The van der Waals surface area contributed by atoms with Gasteiger partial charge >= 0.3 is 17.9 Å². The largest absolute Gasteiger partial charge is 0.479 e. The third-order valence-electron chi connectivity index (χ3n) is 20.7. The van der Waals surface area contributed by atoms with Crippen LogP contribution in [0.25, 0.3) is 0 Å². The first kappa shape index (κ1) is 60.3. The van der Waals surface area contributed by atoms with E-state index in [1.165, 1.54) is 6.92 Å². The van der Waals surface area contributed by atoms with Crippen LogP contribution < -0.4 is 0 Å². The summed E-state index contributed by atoms with van der Waals surface area (Å²) in [6.07, 6.45) is -25.6. The van der Waals surface area contributed by atoms with Crippen LogP contribution in [0.4, 0.5) is 0 Å². The van der Waals surface area contributed by atoms with Crippen molar-refractivity contribution in [2.75, 3.05) is 19.8 Å². The highest BCUT2D eigenvalue weighted by molar-refractivity contribution is 5.87. The zero-order valence-electron chi connectivity index (χ0n) is 45.6. The van der Waals surface area contributed by atoms with Crippen molar-refractivity contribution in [1.82, 2.24) is 0 Å². The summed E-state index contributed by atoms with van der Waals surface area (Å²) in [5.74, 6) is -3.89. The number of carboxylic acid groups (broad SMARTS) is 1. The van der Waals surface area contributed by atoms with Crippen molar-refractivity contribution in [1.29, 1.82) is 0 Å². The van der Waals surface area contributed by atoms with Gasteiger partial charge in [0, 0.05) is 23.3 Å². The molecule has 0 amide bonds. The molecule has 77 heavy (non-hydrogen) atoms. The number of aliphatic carboxylic acids is 1. The second kappa shape index (κ2) is 21.5. The van der Waals surface area contributed by atoms with Crippen molar-refractivity contribution in [2.45, 2.75) is 224 Å². The normalized spacial score (nSPS) is 50.2. The Kier molecular flexibility index (Phi) is 16.8. The third-order valence-corrected chi connectivity index (χ3v) is 20.7. The maximum Gasteiger partial charge on any atom is 0.335 e. The van der Waals surface area contributed by atoms with Gasteiger partial charge in [0.15, 0.2) is 25.0 Å². The number of aliphatic hydroxyl groups is 11. The number of hydrogen-bond acceptors (Lipinski definition) is 22. The lowest BCUT2D eigenvalue weighted by atomic mass is 9.32. The first-order chi connectivity index (χ1) is 35.8. The maximum absolute atomic E-state index is 13.3. The number of carbonyl (C=O) groups excluding carboxylic acids is 2. The topological polar surface area (TPSA) is 368 Å². The summed E-state index contributed by atoms with van der Waals surface area (Å²) in [4.78, 5) is 38.7. The average Bonchev–Trinajstić information content (AvgIpc) is 3.79. The average molecular weight is 1100 g/mol. The van der Waals surface area contributed by atoms with Gasteiger partial charge in [0.2, 0.25) is 0 Å². The Morgan fingerprint density at radius 3 is 1.84 bits per heavy atom. The second-order valence-corrected chi connectivity index (χ2v) is 25.3. The number of carboxylic acids is 1. The van der Waals surface area contributed by atoms with Crippen molar-refractivity contribution in [3.8, 4) is 0 Å². The molecule has 438 valence electrons. The Hall–Kier alpha value is -2.79. The fourth-order valence-electron chi connectivity index (χ4n) is 16.0. The summed E-state index contributed by atoms with van der Waals surface area (Å²) < 4.78 is 48.1. The summed E-state index contributed by atoms with van der Waals surface area (Å²) in [5.41, 5.74) is -4.51. The van der Waals surface area contributed by atoms with Gasteiger partial charge in [0.25, 0.3) is 0 Å². The highest BCUT2D eigenvalue weighted by atomic mass is 16.8. The molecule has 0 aromatic rings. The predicted molar refractivity (Wildman–Crippen MR) is 263 cm³/mol. The van der Waals surface area contributed by atoms with E-state index in [0.29, 0.717) is 44.1 Å². The Bertz CT molecular complexity index is 2250. The summed E-state index contributed by atoms with van der Waals surface area (Å²) in [7, 11) is 0. The smallest absolute Gasteiger partial charge is 0.335 e. The van der Waals surface area contributed by atoms with Crippen LogP contribution in [-0.4, -0.2) is 216 Å².